The highest BCUT2D eigenvalue weighted by Gasteiger charge is 2.01. The molecule has 0 aliphatic heterocycles. The van der Waals surface area contributed by atoms with Crippen molar-refractivity contribution in [1.29, 1.82) is 0 Å². The van der Waals surface area contributed by atoms with E-state index in [4.69, 9.17) is 17.1 Å². The van der Waals surface area contributed by atoms with Gasteiger partial charge in [-0.05, 0) is 46.1 Å². The van der Waals surface area contributed by atoms with Crippen molar-refractivity contribution < 1.29 is 0 Å². The van der Waals surface area contributed by atoms with Gasteiger partial charge < -0.3 is 0 Å². The molecule has 0 radical (unpaired) electrons. The largest absolute Gasteiger partial charge is 0.0831 e. The molecule has 1 aromatic rings. The molecule has 0 heterocycles. The van der Waals surface area contributed by atoms with Gasteiger partial charge in [-0.3, -0.25) is 0 Å². The van der Waals surface area contributed by atoms with E-state index in [0.717, 1.165) is 10.0 Å². The van der Waals surface area contributed by atoms with Gasteiger partial charge in [-0.25, -0.2) is 0 Å². The second-order valence-corrected chi connectivity index (χ2v) is 3.45. The van der Waals surface area contributed by atoms with Crippen molar-refractivity contribution in [3.63, 3.8) is 0 Å². The predicted molar refractivity (Wildman–Crippen MR) is 52.7 cm³/mol. The Kier molecular flexibility index (Phi) is 2.98. The summed E-state index contributed by atoms with van der Waals surface area (Å²) in [6.45, 7) is 1.88. The van der Waals surface area contributed by atoms with Crippen LogP contribution in [-0.4, -0.2) is 0 Å². The van der Waals surface area contributed by atoms with Crippen LogP contribution in [0.15, 0.2) is 21.7 Å². The number of halogens is 2. The summed E-state index contributed by atoms with van der Waals surface area (Å²) >= 11 is 9.12. The van der Waals surface area contributed by atoms with Gasteiger partial charge in [-0.2, -0.15) is 0 Å². The highest BCUT2D eigenvalue weighted by molar-refractivity contribution is 9.10. The Hall–Kier alpha value is -0.700. The van der Waals surface area contributed by atoms with E-state index >= 15 is 0 Å². The molecule has 0 amide bonds. The van der Waals surface area contributed by atoms with Crippen molar-refractivity contribution in [1.82, 2.24) is 0 Å². The lowest BCUT2D eigenvalue weighted by Gasteiger charge is -2.01. The van der Waals surface area contributed by atoms with Crippen molar-refractivity contribution in [3.8, 4) is 0 Å². The average Bonchev–Trinajstić information content (AvgIpc) is 2.01. The minimum absolute atomic E-state index is 0.531. The maximum atomic E-state index is 8.17. The Morgan fingerprint density at radius 2 is 2.25 bits per heavy atom. The second-order valence-electron chi connectivity index (χ2n) is 2.25. The molecule has 0 bridgehead atoms. The van der Waals surface area contributed by atoms with Crippen molar-refractivity contribution >= 4 is 33.2 Å². The van der Waals surface area contributed by atoms with Crippen LogP contribution in [0.5, 0.6) is 0 Å². The number of azide groups is 1. The van der Waals surface area contributed by atoms with Crippen LogP contribution in [0, 0.1) is 6.92 Å². The van der Waals surface area contributed by atoms with Crippen LogP contribution < -0.4 is 0 Å². The molecule has 0 aliphatic carbocycles. The van der Waals surface area contributed by atoms with E-state index in [2.05, 4.69) is 26.0 Å². The molecule has 0 spiro atoms. The van der Waals surface area contributed by atoms with E-state index < -0.39 is 0 Å². The first-order valence-electron chi connectivity index (χ1n) is 3.16. The van der Waals surface area contributed by atoms with Crippen LogP contribution in [-0.2, 0) is 0 Å². The van der Waals surface area contributed by atoms with Crippen LogP contribution in [0.2, 0.25) is 5.02 Å². The minimum Gasteiger partial charge on any atom is -0.0831 e. The van der Waals surface area contributed by atoms with Crippen LogP contribution in [0.1, 0.15) is 5.56 Å². The fraction of sp³-hybridized carbons (Fsp3) is 0.143. The number of hydrogen-bond acceptors (Lipinski definition) is 1. The van der Waals surface area contributed by atoms with Crippen LogP contribution in [0.4, 0.5) is 5.69 Å². The second kappa shape index (κ2) is 3.81. The SMILES string of the molecule is Cc1cc(N=[N+]=[N-])cc(Cl)c1Br. The number of rotatable bonds is 1. The summed E-state index contributed by atoms with van der Waals surface area (Å²) in [5, 5.41) is 4.00. The lowest BCUT2D eigenvalue weighted by Crippen LogP contribution is -1.76. The summed E-state index contributed by atoms with van der Waals surface area (Å²) in [6.07, 6.45) is 0. The molecule has 5 heteroatoms. The summed E-state index contributed by atoms with van der Waals surface area (Å²) in [7, 11) is 0. The molecule has 0 unspecified atom stereocenters. The van der Waals surface area contributed by atoms with E-state index in [9.17, 15) is 0 Å². The molecule has 3 nitrogen and oxygen atoms in total. The van der Waals surface area contributed by atoms with Crippen molar-refractivity contribution in [3.05, 3.63) is 37.6 Å². The van der Waals surface area contributed by atoms with Gasteiger partial charge >= 0.3 is 0 Å². The van der Waals surface area contributed by atoms with Crippen LogP contribution in [0.3, 0.4) is 0 Å². The van der Waals surface area contributed by atoms with E-state index in [0.29, 0.717) is 10.7 Å². The third-order valence-electron chi connectivity index (χ3n) is 1.36. The fourth-order valence-corrected chi connectivity index (χ4v) is 1.31. The normalized spacial score (nSPS) is 9.25. The van der Waals surface area contributed by atoms with Gasteiger partial charge in [-0.15, -0.1) is 0 Å². The fourth-order valence-electron chi connectivity index (χ4n) is 0.818. The first kappa shape index (κ1) is 9.39. The Morgan fingerprint density at radius 1 is 1.58 bits per heavy atom. The first-order valence-corrected chi connectivity index (χ1v) is 4.33. The highest BCUT2D eigenvalue weighted by atomic mass is 79.9. The molecular formula is C7H5BrClN3. The molecule has 0 N–H and O–H groups in total. The van der Waals surface area contributed by atoms with Crippen molar-refractivity contribution in [2.24, 2.45) is 5.11 Å². The zero-order valence-electron chi connectivity index (χ0n) is 6.25. The Labute approximate surface area is 83.1 Å². The van der Waals surface area contributed by atoms with E-state index in [1.807, 2.05) is 6.92 Å². The quantitative estimate of drug-likeness (QED) is 0.402. The van der Waals surface area contributed by atoms with Gasteiger partial charge in [-0.1, -0.05) is 16.7 Å². The number of nitrogens with zero attached hydrogens (tertiary/aromatic N) is 3. The lowest BCUT2D eigenvalue weighted by atomic mass is 10.2. The molecule has 0 atom stereocenters. The third kappa shape index (κ3) is 1.91. The molecule has 0 aliphatic rings. The van der Waals surface area contributed by atoms with E-state index in [-0.39, 0.29) is 0 Å². The smallest absolute Gasteiger partial charge is 0.0555 e. The molecular weight excluding hydrogens is 241 g/mol. The molecule has 62 valence electrons. The van der Waals surface area contributed by atoms with Crippen molar-refractivity contribution in [2.75, 3.05) is 0 Å². The zero-order chi connectivity index (χ0) is 9.14. The summed E-state index contributed by atoms with van der Waals surface area (Å²) in [6, 6.07) is 3.37. The summed E-state index contributed by atoms with van der Waals surface area (Å²) < 4.78 is 0.834. The molecule has 0 aromatic heterocycles. The van der Waals surface area contributed by atoms with Crippen LogP contribution >= 0.6 is 27.5 Å². The van der Waals surface area contributed by atoms with Gasteiger partial charge in [0.1, 0.15) is 0 Å². The summed E-state index contributed by atoms with van der Waals surface area (Å²) in [5.41, 5.74) is 9.65. The summed E-state index contributed by atoms with van der Waals surface area (Å²) in [5.74, 6) is 0. The summed E-state index contributed by atoms with van der Waals surface area (Å²) in [4.78, 5) is 2.67. The highest BCUT2D eigenvalue weighted by Crippen LogP contribution is 2.30. The minimum atomic E-state index is 0.531. The maximum Gasteiger partial charge on any atom is 0.0555 e. The topological polar surface area (TPSA) is 48.8 Å². The molecule has 0 saturated heterocycles. The Morgan fingerprint density at radius 3 is 2.75 bits per heavy atom. The Balaban J connectivity index is 3.30. The predicted octanol–water partition coefficient (Wildman–Crippen LogP) is 4.35. The average molecular weight is 246 g/mol. The van der Waals surface area contributed by atoms with E-state index in [1.54, 1.807) is 12.1 Å². The van der Waals surface area contributed by atoms with Gasteiger partial charge in [0.05, 0.1) is 5.02 Å². The number of aryl methyl sites for hydroxylation is 1. The van der Waals surface area contributed by atoms with Crippen LogP contribution in [0.25, 0.3) is 10.4 Å². The van der Waals surface area contributed by atoms with Gasteiger partial charge in [0.2, 0.25) is 0 Å². The maximum absolute atomic E-state index is 8.17. The monoisotopic (exact) mass is 245 g/mol. The Bertz CT molecular complexity index is 335. The van der Waals surface area contributed by atoms with Gasteiger partial charge in [0.15, 0.2) is 0 Å². The standard InChI is InChI=1S/C7H5BrClN3/c1-4-2-5(11-12-10)3-6(9)7(4)8/h2-3H,1H3. The van der Waals surface area contributed by atoms with Gasteiger partial charge in [0.25, 0.3) is 0 Å². The third-order valence-corrected chi connectivity index (χ3v) is 2.93. The molecule has 1 rings (SSSR count). The molecule has 1 aromatic carbocycles. The molecule has 12 heavy (non-hydrogen) atoms. The van der Waals surface area contributed by atoms with E-state index in [1.165, 1.54) is 0 Å². The van der Waals surface area contributed by atoms with Gasteiger partial charge in [0, 0.05) is 15.1 Å². The van der Waals surface area contributed by atoms with Crippen molar-refractivity contribution in [2.45, 2.75) is 6.92 Å². The molecule has 0 fully saturated rings. The lowest BCUT2D eigenvalue weighted by molar-refractivity contribution is 1.38. The number of hydrogen-bond donors (Lipinski definition) is 0. The first-order chi connectivity index (χ1) is 5.65. The zero-order valence-corrected chi connectivity index (χ0v) is 8.59. The molecule has 0 saturated carbocycles. The number of benzene rings is 1.